The standard InChI is InChI=1S/C22H36O4S/c1-5-9-10-11-12-19-18-15-16(22(25-7-3)26-8-4)13-14-17(18)20(27-19)21(23)24-6-2/h16,22H,5-15H2,1-4H3. The molecule has 0 radical (unpaired) electrons. The molecule has 0 spiro atoms. The van der Waals surface area contributed by atoms with Gasteiger partial charge in [-0.1, -0.05) is 26.2 Å². The zero-order valence-electron chi connectivity index (χ0n) is 17.5. The molecule has 27 heavy (non-hydrogen) atoms. The number of fused-ring (bicyclic) bond motifs is 1. The minimum absolute atomic E-state index is 0.146. The lowest BCUT2D eigenvalue weighted by Gasteiger charge is -2.30. The summed E-state index contributed by atoms with van der Waals surface area (Å²) >= 11 is 1.67. The number of esters is 1. The van der Waals surface area contributed by atoms with E-state index >= 15 is 0 Å². The summed E-state index contributed by atoms with van der Waals surface area (Å²) < 4.78 is 17.1. The molecular formula is C22H36O4S. The van der Waals surface area contributed by atoms with E-state index in [1.807, 2.05) is 20.8 Å². The third kappa shape index (κ3) is 6.03. The van der Waals surface area contributed by atoms with Crippen molar-refractivity contribution in [3.8, 4) is 0 Å². The summed E-state index contributed by atoms with van der Waals surface area (Å²) in [5.41, 5.74) is 2.60. The van der Waals surface area contributed by atoms with E-state index in [2.05, 4.69) is 6.92 Å². The van der Waals surface area contributed by atoms with E-state index in [4.69, 9.17) is 14.2 Å². The monoisotopic (exact) mass is 396 g/mol. The summed E-state index contributed by atoms with van der Waals surface area (Å²) in [7, 11) is 0. The number of unbranched alkanes of at least 4 members (excludes halogenated alkanes) is 3. The number of aryl methyl sites for hydroxylation is 1. The Morgan fingerprint density at radius 1 is 1.04 bits per heavy atom. The van der Waals surface area contributed by atoms with Gasteiger partial charge in [-0.25, -0.2) is 4.79 Å². The van der Waals surface area contributed by atoms with Crippen LogP contribution in [0.4, 0.5) is 0 Å². The fraction of sp³-hybridized carbons (Fsp3) is 0.773. The Morgan fingerprint density at radius 2 is 1.78 bits per heavy atom. The maximum absolute atomic E-state index is 12.5. The second kappa shape index (κ2) is 11.8. The Morgan fingerprint density at radius 3 is 2.41 bits per heavy atom. The van der Waals surface area contributed by atoms with Gasteiger partial charge >= 0.3 is 5.97 Å². The molecule has 0 aliphatic heterocycles. The molecule has 0 N–H and O–H groups in total. The summed E-state index contributed by atoms with van der Waals surface area (Å²) in [5, 5.41) is 0. The van der Waals surface area contributed by atoms with Gasteiger partial charge in [0.05, 0.1) is 6.61 Å². The van der Waals surface area contributed by atoms with Crippen LogP contribution in [0.5, 0.6) is 0 Å². The van der Waals surface area contributed by atoms with Crippen LogP contribution in [0, 0.1) is 5.92 Å². The molecule has 1 aromatic rings. The first-order chi connectivity index (χ1) is 13.2. The minimum Gasteiger partial charge on any atom is -0.462 e. The van der Waals surface area contributed by atoms with Gasteiger partial charge in [-0.15, -0.1) is 11.3 Å². The van der Waals surface area contributed by atoms with Crippen LogP contribution in [-0.4, -0.2) is 32.1 Å². The molecular weight excluding hydrogens is 360 g/mol. The summed E-state index contributed by atoms with van der Waals surface area (Å²) in [4.78, 5) is 14.7. The topological polar surface area (TPSA) is 44.8 Å². The van der Waals surface area contributed by atoms with Gasteiger partial charge in [0.15, 0.2) is 6.29 Å². The highest BCUT2D eigenvalue weighted by Crippen LogP contribution is 2.39. The lowest BCUT2D eigenvalue weighted by Crippen LogP contribution is -2.32. The first kappa shape index (κ1) is 22.4. The molecule has 1 heterocycles. The summed E-state index contributed by atoms with van der Waals surface area (Å²) in [6, 6.07) is 0. The highest BCUT2D eigenvalue weighted by molar-refractivity contribution is 7.14. The molecule has 1 atom stereocenters. The number of rotatable bonds is 12. The second-order valence-electron chi connectivity index (χ2n) is 7.12. The molecule has 4 nitrogen and oxygen atoms in total. The fourth-order valence-electron chi connectivity index (χ4n) is 3.90. The van der Waals surface area contributed by atoms with E-state index in [1.54, 1.807) is 11.3 Å². The largest absolute Gasteiger partial charge is 0.462 e. The molecule has 1 aliphatic rings. The third-order valence-electron chi connectivity index (χ3n) is 5.20. The van der Waals surface area contributed by atoms with Crippen LogP contribution in [0.3, 0.4) is 0 Å². The van der Waals surface area contributed by atoms with Crippen LogP contribution in [-0.2, 0) is 33.5 Å². The van der Waals surface area contributed by atoms with E-state index in [9.17, 15) is 4.79 Å². The van der Waals surface area contributed by atoms with E-state index in [0.717, 1.165) is 30.6 Å². The molecule has 0 aromatic carbocycles. The van der Waals surface area contributed by atoms with Crippen LogP contribution in [0.15, 0.2) is 0 Å². The second-order valence-corrected chi connectivity index (χ2v) is 8.23. The lowest BCUT2D eigenvalue weighted by molar-refractivity contribution is -0.169. The van der Waals surface area contributed by atoms with E-state index in [-0.39, 0.29) is 12.3 Å². The molecule has 2 rings (SSSR count). The van der Waals surface area contributed by atoms with E-state index in [0.29, 0.717) is 25.7 Å². The predicted molar refractivity (Wildman–Crippen MR) is 111 cm³/mol. The maximum Gasteiger partial charge on any atom is 0.348 e. The van der Waals surface area contributed by atoms with Gasteiger partial charge < -0.3 is 14.2 Å². The van der Waals surface area contributed by atoms with Crippen molar-refractivity contribution in [1.29, 1.82) is 0 Å². The molecule has 1 aliphatic carbocycles. The van der Waals surface area contributed by atoms with Gasteiger partial charge in [0.25, 0.3) is 0 Å². The molecule has 0 amide bonds. The Balaban J connectivity index is 2.21. The molecule has 0 fully saturated rings. The fourth-order valence-corrected chi connectivity index (χ4v) is 5.22. The quantitative estimate of drug-likeness (QED) is 0.264. The molecule has 0 saturated heterocycles. The van der Waals surface area contributed by atoms with Crippen molar-refractivity contribution in [2.75, 3.05) is 19.8 Å². The van der Waals surface area contributed by atoms with Crippen LogP contribution >= 0.6 is 11.3 Å². The molecule has 1 unspecified atom stereocenters. The Hall–Kier alpha value is -0.910. The molecule has 154 valence electrons. The van der Waals surface area contributed by atoms with Crippen LogP contribution in [0.1, 0.15) is 85.5 Å². The number of hydrogen-bond acceptors (Lipinski definition) is 5. The van der Waals surface area contributed by atoms with Gasteiger partial charge in [0.2, 0.25) is 0 Å². The maximum atomic E-state index is 12.5. The molecule has 1 aromatic heterocycles. The van der Waals surface area contributed by atoms with E-state index < -0.39 is 0 Å². The average Bonchev–Trinajstić information content (AvgIpc) is 3.03. The van der Waals surface area contributed by atoms with Gasteiger partial charge in [-0.3, -0.25) is 0 Å². The third-order valence-corrected chi connectivity index (χ3v) is 6.51. The van der Waals surface area contributed by atoms with Crippen molar-refractivity contribution in [3.63, 3.8) is 0 Å². The normalized spacial score (nSPS) is 16.6. The summed E-state index contributed by atoms with van der Waals surface area (Å²) in [6.45, 7) is 9.89. The van der Waals surface area contributed by atoms with Crippen LogP contribution < -0.4 is 0 Å². The Labute approximate surface area is 168 Å². The number of carbonyl (C=O) groups excluding carboxylic acids is 1. The number of thiophene rings is 1. The van der Waals surface area contributed by atoms with Crippen molar-refractivity contribution in [2.45, 2.75) is 85.4 Å². The van der Waals surface area contributed by atoms with Gasteiger partial charge in [0.1, 0.15) is 4.88 Å². The Kier molecular flexibility index (Phi) is 9.80. The zero-order valence-corrected chi connectivity index (χ0v) is 18.3. The van der Waals surface area contributed by atoms with Crippen LogP contribution in [0.2, 0.25) is 0 Å². The summed E-state index contributed by atoms with van der Waals surface area (Å²) in [5.74, 6) is 0.208. The van der Waals surface area contributed by atoms with Crippen molar-refractivity contribution in [3.05, 3.63) is 20.9 Å². The predicted octanol–water partition coefficient (Wildman–Crippen LogP) is 5.55. The van der Waals surface area contributed by atoms with Crippen molar-refractivity contribution in [1.82, 2.24) is 0 Å². The number of ether oxygens (including phenoxy) is 3. The SMILES string of the molecule is CCCCCCc1sc(C(=O)OCC)c2c1CC(C(OCC)OCC)CC2. The molecule has 0 saturated carbocycles. The minimum atomic E-state index is -0.150. The highest BCUT2D eigenvalue weighted by atomic mass is 32.1. The first-order valence-corrected chi connectivity index (χ1v) is 11.5. The van der Waals surface area contributed by atoms with Gasteiger partial charge in [-0.2, -0.15) is 0 Å². The average molecular weight is 397 g/mol. The molecule has 5 heteroatoms. The highest BCUT2D eigenvalue weighted by Gasteiger charge is 2.33. The molecule has 0 bridgehead atoms. The van der Waals surface area contributed by atoms with Crippen molar-refractivity contribution >= 4 is 17.3 Å². The number of carbonyl (C=O) groups is 1. The summed E-state index contributed by atoms with van der Waals surface area (Å²) in [6.07, 6.45) is 8.72. The van der Waals surface area contributed by atoms with Crippen molar-refractivity contribution < 1.29 is 19.0 Å². The van der Waals surface area contributed by atoms with E-state index in [1.165, 1.54) is 41.7 Å². The zero-order chi connectivity index (χ0) is 19.6. The first-order valence-electron chi connectivity index (χ1n) is 10.7. The smallest absolute Gasteiger partial charge is 0.348 e. The van der Waals surface area contributed by atoms with Gasteiger partial charge in [0, 0.05) is 24.0 Å². The van der Waals surface area contributed by atoms with Crippen LogP contribution in [0.25, 0.3) is 0 Å². The number of hydrogen-bond donors (Lipinski definition) is 0. The Bertz CT molecular complexity index is 575. The van der Waals surface area contributed by atoms with Crippen molar-refractivity contribution in [2.24, 2.45) is 5.92 Å². The van der Waals surface area contributed by atoms with Gasteiger partial charge in [-0.05, 0) is 64.0 Å². The lowest BCUT2D eigenvalue weighted by atomic mass is 9.83.